The largest absolute Gasteiger partial charge is 0.508 e. The van der Waals surface area contributed by atoms with E-state index in [0.29, 0.717) is 11.3 Å². The van der Waals surface area contributed by atoms with Gasteiger partial charge in [-0.3, -0.25) is 4.79 Å². The molecule has 0 fully saturated rings. The number of phenolic OH excluding ortho intramolecular Hbond substituents is 1. The van der Waals surface area contributed by atoms with Gasteiger partial charge in [0.05, 0.1) is 20.1 Å². The van der Waals surface area contributed by atoms with Crippen molar-refractivity contribution < 1.29 is 23.8 Å². The Balaban J connectivity index is 2.29. The van der Waals surface area contributed by atoms with Crippen molar-refractivity contribution in [3.05, 3.63) is 23.5 Å². The molecule has 5 heteroatoms. The molecule has 1 heterocycles. The lowest BCUT2D eigenvalue weighted by Crippen LogP contribution is -2.10. The second kappa shape index (κ2) is 4.00. The summed E-state index contributed by atoms with van der Waals surface area (Å²) in [5, 5.41) is 9.18. The molecule has 86 valence electrons. The van der Waals surface area contributed by atoms with Crippen LogP contribution in [0.4, 0.5) is 4.39 Å². The summed E-state index contributed by atoms with van der Waals surface area (Å²) in [6.07, 6.45) is 0.0746. The van der Waals surface area contributed by atoms with Gasteiger partial charge in [-0.05, 0) is 0 Å². The van der Waals surface area contributed by atoms with Crippen LogP contribution in [0.2, 0.25) is 0 Å². The van der Waals surface area contributed by atoms with Crippen molar-refractivity contribution >= 4 is 5.97 Å². The van der Waals surface area contributed by atoms with Gasteiger partial charge in [0.1, 0.15) is 17.3 Å². The number of hydrogen-bond acceptors (Lipinski definition) is 4. The molecule has 0 aliphatic carbocycles. The van der Waals surface area contributed by atoms with Gasteiger partial charge in [-0.1, -0.05) is 0 Å². The maximum Gasteiger partial charge on any atom is 0.306 e. The van der Waals surface area contributed by atoms with E-state index in [4.69, 9.17) is 4.74 Å². The molecule has 1 aromatic rings. The number of rotatable bonds is 2. The fourth-order valence-corrected chi connectivity index (χ4v) is 1.81. The molecule has 0 unspecified atom stereocenters. The first kappa shape index (κ1) is 10.7. The molecule has 0 saturated carbocycles. The van der Waals surface area contributed by atoms with Crippen molar-refractivity contribution in [1.29, 1.82) is 0 Å². The third-order valence-electron chi connectivity index (χ3n) is 2.57. The number of methoxy groups -OCH3 is 1. The van der Waals surface area contributed by atoms with E-state index in [-0.39, 0.29) is 24.7 Å². The van der Waals surface area contributed by atoms with Gasteiger partial charge in [0.25, 0.3) is 0 Å². The zero-order chi connectivity index (χ0) is 11.7. The standard InChI is InChI=1S/C11H11FO4/c1-15-10(14)2-6-5-16-9-4-7(13)3-8(12)11(6)9/h3-4,6,13H,2,5H2,1H3/t6-/m1/s1. The molecule has 16 heavy (non-hydrogen) atoms. The highest BCUT2D eigenvalue weighted by molar-refractivity contribution is 5.71. The van der Waals surface area contributed by atoms with Gasteiger partial charge in [-0.25, -0.2) is 4.39 Å². The number of fused-ring (bicyclic) bond motifs is 1. The number of phenols is 1. The van der Waals surface area contributed by atoms with Crippen molar-refractivity contribution in [2.75, 3.05) is 13.7 Å². The number of aromatic hydroxyl groups is 1. The van der Waals surface area contributed by atoms with Crippen molar-refractivity contribution in [2.45, 2.75) is 12.3 Å². The van der Waals surface area contributed by atoms with E-state index in [1.54, 1.807) is 0 Å². The van der Waals surface area contributed by atoms with E-state index in [1.165, 1.54) is 13.2 Å². The maximum absolute atomic E-state index is 13.6. The number of carbonyl (C=O) groups excluding carboxylic acids is 1. The fourth-order valence-electron chi connectivity index (χ4n) is 1.81. The summed E-state index contributed by atoms with van der Waals surface area (Å²) in [7, 11) is 1.28. The molecule has 1 N–H and O–H groups in total. The molecular formula is C11H11FO4. The molecule has 0 bridgehead atoms. The van der Waals surface area contributed by atoms with E-state index in [9.17, 15) is 14.3 Å². The molecule has 1 aromatic carbocycles. The Bertz CT molecular complexity index is 430. The fraction of sp³-hybridized carbons (Fsp3) is 0.364. The third kappa shape index (κ3) is 1.80. The van der Waals surface area contributed by atoms with Gasteiger partial charge >= 0.3 is 5.97 Å². The molecule has 0 radical (unpaired) electrons. The molecule has 1 aliphatic rings. The first-order valence-corrected chi connectivity index (χ1v) is 4.84. The van der Waals surface area contributed by atoms with Crippen LogP contribution in [0.5, 0.6) is 11.5 Å². The van der Waals surface area contributed by atoms with Crippen LogP contribution >= 0.6 is 0 Å². The van der Waals surface area contributed by atoms with E-state index in [0.717, 1.165) is 6.07 Å². The van der Waals surface area contributed by atoms with Crippen LogP contribution in [-0.2, 0) is 9.53 Å². The minimum absolute atomic E-state index is 0.0746. The number of benzene rings is 1. The lowest BCUT2D eigenvalue weighted by molar-refractivity contribution is -0.141. The summed E-state index contributed by atoms with van der Waals surface area (Å²) < 4.78 is 23.3. The molecule has 1 atom stereocenters. The Hall–Kier alpha value is -1.78. The average molecular weight is 226 g/mol. The van der Waals surface area contributed by atoms with E-state index < -0.39 is 11.8 Å². The van der Waals surface area contributed by atoms with Gasteiger partial charge in [-0.2, -0.15) is 0 Å². The summed E-state index contributed by atoms with van der Waals surface area (Å²) in [6, 6.07) is 2.35. The van der Waals surface area contributed by atoms with Gasteiger partial charge in [0.2, 0.25) is 0 Å². The van der Waals surface area contributed by atoms with Gasteiger partial charge < -0.3 is 14.6 Å². The first-order valence-electron chi connectivity index (χ1n) is 4.84. The van der Waals surface area contributed by atoms with E-state index >= 15 is 0 Å². The quantitative estimate of drug-likeness (QED) is 0.778. The topological polar surface area (TPSA) is 55.8 Å². The Morgan fingerprint density at radius 2 is 2.44 bits per heavy atom. The smallest absolute Gasteiger partial charge is 0.306 e. The van der Waals surface area contributed by atoms with Crippen LogP contribution in [-0.4, -0.2) is 24.8 Å². The normalized spacial score (nSPS) is 17.8. The highest BCUT2D eigenvalue weighted by Crippen LogP contribution is 2.40. The SMILES string of the molecule is COC(=O)C[C@@H]1COc2cc(O)cc(F)c21. The summed E-state index contributed by atoms with van der Waals surface area (Å²) in [5.41, 5.74) is 0.336. The highest BCUT2D eigenvalue weighted by Gasteiger charge is 2.30. The molecule has 1 aliphatic heterocycles. The maximum atomic E-state index is 13.6. The van der Waals surface area contributed by atoms with Crippen molar-refractivity contribution in [3.8, 4) is 11.5 Å². The molecule has 4 nitrogen and oxygen atoms in total. The van der Waals surface area contributed by atoms with Crippen LogP contribution in [0, 0.1) is 5.82 Å². The Morgan fingerprint density at radius 3 is 3.12 bits per heavy atom. The van der Waals surface area contributed by atoms with Crippen LogP contribution < -0.4 is 4.74 Å². The zero-order valence-electron chi connectivity index (χ0n) is 8.70. The summed E-state index contributed by atoms with van der Waals surface area (Å²) >= 11 is 0. The monoisotopic (exact) mass is 226 g/mol. The second-order valence-electron chi connectivity index (χ2n) is 3.63. The van der Waals surface area contributed by atoms with Crippen molar-refractivity contribution in [1.82, 2.24) is 0 Å². The molecular weight excluding hydrogens is 215 g/mol. The number of carbonyl (C=O) groups is 1. The lowest BCUT2D eigenvalue weighted by atomic mass is 9.97. The Kier molecular flexibility index (Phi) is 2.68. The predicted octanol–water partition coefficient (Wildman–Crippen LogP) is 1.57. The van der Waals surface area contributed by atoms with Crippen LogP contribution in [0.15, 0.2) is 12.1 Å². The van der Waals surface area contributed by atoms with E-state index in [2.05, 4.69) is 4.74 Å². The number of esters is 1. The number of halogens is 1. The third-order valence-corrected chi connectivity index (χ3v) is 2.57. The van der Waals surface area contributed by atoms with Crippen LogP contribution in [0.1, 0.15) is 17.9 Å². The van der Waals surface area contributed by atoms with Crippen LogP contribution in [0.3, 0.4) is 0 Å². The lowest BCUT2D eigenvalue weighted by Gasteiger charge is -2.07. The number of hydrogen-bond donors (Lipinski definition) is 1. The highest BCUT2D eigenvalue weighted by atomic mass is 19.1. The average Bonchev–Trinajstić information content (AvgIpc) is 2.61. The van der Waals surface area contributed by atoms with Crippen molar-refractivity contribution in [3.63, 3.8) is 0 Å². The number of ether oxygens (including phenoxy) is 2. The first-order chi connectivity index (χ1) is 7.61. The van der Waals surface area contributed by atoms with Gasteiger partial charge in [0, 0.05) is 23.6 Å². The molecule has 0 spiro atoms. The molecule has 2 rings (SSSR count). The van der Waals surface area contributed by atoms with Crippen LogP contribution in [0.25, 0.3) is 0 Å². The zero-order valence-corrected chi connectivity index (χ0v) is 8.70. The van der Waals surface area contributed by atoms with Gasteiger partial charge in [-0.15, -0.1) is 0 Å². The molecule has 0 aromatic heterocycles. The summed E-state index contributed by atoms with van der Waals surface area (Å²) in [5.74, 6) is -1.19. The minimum Gasteiger partial charge on any atom is -0.508 e. The predicted molar refractivity (Wildman–Crippen MR) is 52.9 cm³/mol. The summed E-state index contributed by atoms with van der Waals surface area (Å²) in [6.45, 7) is 0.227. The van der Waals surface area contributed by atoms with E-state index in [1.807, 2.05) is 0 Å². The minimum atomic E-state index is -0.554. The Labute approximate surface area is 91.6 Å². The Morgan fingerprint density at radius 1 is 1.69 bits per heavy atom. The second-order valence-corrected chi connectivity index (χ2v) is 3.63. The molecule has 0 saturated heterocycles. The summed E-state index contributed by atoms with van der Waals surface area (Å²) in [4.78, 5) is 11.1. The van der Waals surface area contributed by atoms with Gasteiger partial charge in [0.15, 0.2) is 0 Å². The molecule has 0 amide bonds. The van der Waals surface area contributed by atoms with Crippen molar-refractivity contribution in [2.24, 2.45) is 0 Å².